The zero-order valence-corrected chi connectivity index (χ0v) is 11.2. The Morgan fingerprint density at radius 2 is 1.83 bits per heavy atom. The Kier molecular flexibility index (Phi) is 5.50. The first-order valence-corrected chi connectivity index (χ1v) is 7.63. The molecule has 0 aliphatic carbocycles. The van der Waals surface area contributed by atoms with Crippen LogP contribution in [0.2, 0.25) is 0 Å². The summed E-state index contributed by atoms with van der Waals surface area (Å²) in [6.07, 6.45) is 1.46. The molecule has 0 amide bonds. The molecule has 1 N–H and O–H groups in total. The van der Waals surface area contributed by atoms with Crippen LogP contribution in [-0.4, -0.2) is 31.7 Å². The molecule has 5 heteroatoms. The van der Waals surface area contributed by atoms with Crippen molar-refractivity contribution in [2.45, 2.75) is 31.1 Å². The maximum absolute atomic E-state index is 11.8. The normalized spacial score (nSPS) is 11.4. The average Bonchev–Trinajstić information content (AvgIpc) is 2.37. The Hall–Kier alpha value is -1.20. The van der Waals surface area contributed by atoms with Crippen LogP contribution in [0.1, 0.15) is 36.5 Å². The number of benzene rings is 1. The fourth-order valence-electron chi connectivity index (χ4n) is 1.59. The second-order valence-corrected chi connectivity index (χ2v) is 6.20. The lowest BCUT2D eigenvalue weighted by atomic mass is 10.1. The highest BCUT2D eigenvalue weighted by Crippen LogP contribution is 2.14. The molecule has 18 heavy (non-hydrogen) atoms. The summed E-state index contributed by atoms with van der Waals surface area (Å²) in [6, 6.07) is 6.00. The lowest BCUT2D eigenvalue weighted by Crippen LogP contribution is -2.08. The lowest BCUT2D eigenvalue weighted by molar-refractivity contribution is 0.0981. The van der Waals surface area contributed by atoms with E-state index in [2.05, 4.69) is 0 Å². The second kappa shape index (κ2) is 6.66. The third-order valence-electron chi connectivity index (χ3n) is 2.58. The molecule has 0 bridgehead atoms. The van der Waals surface area contributed by atoms with E-state index >= 15 is 0 Å². The van der Waals surface area contributed by atoms with Crippen LogP contribution in [0.4, 0.5) is 0 Å². The highest BCUT2D eigenvalue weighted by atomic mass is 32.2. The maximum atomic E-state index is 11.8. The number of ketones is 1. The zero-order valence-electron chi connectivity index (χ0n) is 10.4. The Bertz CT molecular complexity index is 488. The van der Waals surface area contributed by atoms with Crippen LogP contribution in [0.25, 0.3) is 0 Å². The Morgan fingerprint density at radius 3 is 2.33 bits per heavy atom. The maximum Gasteiger partial charge on any atom is 0.178 e. The number of Topliss-reactive ketones (excluding diaryl/α,β-unsaturated/α-hetero) is 1. The predicted molar refractivity (Wildman–Crippen MR) is 69.4 cm³/mol. The first-order valence-electron chi connectivity index (χ1n) is 5.98. The molecule has 0 atom stereocenters. The average molecular weight is 270 g/mol. The molecule has 0 aliphatic rings. The summed E-state index contributed by atoms with van der Waals surface area (Å²) in [6.45, 7) is 1.78. The van der Waals surface area contributed by atoms with Crippen LogP contribution in [0.5, 0.6) is 0 Å². The minimum absolute atomic E-state index is 0.0248. The van der Waals surface area contributed by atoms with E-state index in [1.807, 2.05) is 6.92 Å². The third kappa shape index (κ3) is 3.92. The third-order valence-corrected chi connectivity index (χ3v) is 4.40. The predicted octanol–water partition coefficient (Wildman–Crippen LogP) is 1.83. The molecular weight excluding hydrogens is 252 g/mol. The van der Waals surface area contributed by atoms with E-state index in [4.69, 9.17) is 5.11 Å². The van der Waals surface area contributed by atoms with Gasteiger partial charge in [-0.1, -0.05) is 19.1 Å². The van der Waals surface area contributed by atoms with E-state index in [0.29, 0.717) is 12.0 Å². The van der Waals surface area contributed by atoms with Crippen LogP contribution < -0.4 is 0 Å². The van der Waals surface area contributed by atoms with Gasteiger partial charge in [0, 0.05) is 18.6 Å². The molecule has 0 saturated carbocycles. The SMILES string of the molecule is CCCC(=O)c1ccc(S(=O)(=O)CCCO)cc1. The van der Waals surface area contributed by atoms with Gasteiger partial charge in [-0.15, -0.1) is 0 Å². The number of aliphatic hydroxyl groups excluding tert-OH is 1. The van der Waals surface area contributed by atoms with Crippen LogP contribution in [0.3, 0.4) is 0 Å². The van der Waals surface area contributed by atoms with Crippen molar-refractivity contribution in [3.63, 3.8) is 0 Å². The van der Waals surface area contributed by atoms with Crippen LogP contribution >= 0.6 is 0 Å². The van der Waals surface area contributed by atoms with Gasteiger partial charge in [0.25, 0.3) is 0 Å². The minimum Gasteiger partial charge on any atom is -0.396 e. The van der Waals surface area contributed by atoms with E-state index in [1.54, 1.807) is 12.1 Å². The van der Waals surface area contributed by atoms with Crippen molar-refractivity contribution >= 4 is 15.6 Å². The standard InChI is InChI=1S/C13H18O4S/c1-2-4-13(15)11-5-7-12(8-6-11)18(16,17)10-3-9-14/h5-8,14H,2-4,9-10H2,1H3. The van der Waals surface area contributed by atoms with Gasteiger partial charge in [-0.2, -0.15) is 0 Å². The van der Waals surface area contributed by atoms with Gasteiger partial charge >= 0.3 is 0 Å². The fourth-order valence-corrected chi connectivity index (χ4v) is 2.89. The second-order valence-electron chi connectivity index (χ2n) is 4.09. The molecule has 0 saturated heterocycles. The quantitative estimate of drug-likeness (QED) is 0.767. The molecule has 0 aromatic heterocycles. The van der Waals surface area contributed by atoms with Crippen LogP contribution in [-0.2, 0) is 9.84 Å². The number of aliphatic hydroxyl groups is 1. The minimum atomic E-state index is -3.35. The number of sulfone groups is 1. The van der Waals surface area contributed by atoms with Gasteiger partial charge < -0.3 is 5.11 Å². The van der Waals surface area contributed by atoms with Crippen molar-refractivity contribution in [2.24, 2.45) is 0 Å². The lowest BCUT2D eigenvalue weighted by Gasteiger charge is -2.04. The van der Waals surface area contributed by atoms with E-state index in [9.17, 15) is 13.2 Å². The summed E-state index contributed by atoms with van der Waals surface area (Å²) in [5.74, 6) is -0.0528. The Morgan fingerprint density at radius 1 is 1.22 bits per heavy atom. The van der Waals surface area contributed by atoms with Gasteiger partial charge in [-0.3, -0.25) is 4.79 Å². The molecular formula is C13H18O4S. The monoisotopic (exact) mass is 270 g/mol. The largest absolute Gasteiger partial charge is 0.396 e. The Labute approximate surface area is 108 Å². The molecule has 0 unspecified atom stereocenters. The van der Waals surface area contributed by atoms with Crippen LogP contribution in [0.15, 0.2) is 29.2 Å². The highest BCUT2D eigenvalue weighted by Gasteiger charge is 2.14. The summed E-state index contributed by atoms with van der Waals surface area (Å²) in [5.41, 5.74) is 0.540. The number of rotatable bonds is 7. The molecule has 0 aliphatic heterocycles. The van der Waals surface area contributed by atoms with Gasteiger partial charge in [0.15, 0.2) is 15.6 Å². The van der Waals surface area contributed by atoms with E-state index < -0.39 is 9.84 Å². The van der Waals surface area contributed by atoms with Crippen molar-refractivity contribution < 1.29 is 18.3 Å². The topological polar surface area (TPSA) is 71.4 Å². The number of hydrogen-bond acceptors (Lipinski definition) is 4. The first kappa shape index (κ1) is 14.9. The molecule has 100 valence electrons. The smallest absolute Gasteiger partial charge is 0.178 e. The van der Waals surface area contributed by atoms with Crippen molar-refractivity contribution in [3.05, 3.63) is 29.8 Å². The van der Waals surface area contributed by atoms with E-state index in [0.717, 1.165) is 6.42 Å². The fraction of sp³-hybridized carbons (Fsp3) is 0.462. The zero-order chi connectivity index (χ0) is 13.6. The molecule has 1 aromatic carbocycles. The van der Waals surface area contributed by atoms with Crippen LogP contribution in [0, 0.1) is 0 Å². The molecule has 0 spiro atoms. The molecule has 0 radical (unpaired) electrons. The first-order chi connectivity index (χ1) is 8.51. The van der Waals surface area contributed by atoms with Gasteiger partial charge in [-0.05, 0) is 25.0 Å². The molecule has 0 fully saturated rings. The van der Waals surface area contributed by atoms with Gasteiger partial charge in [0.05, 0.1) is 10.6 Å². The molecule has 1 aromatic rings. The van der Waals surface area contributed by atoms with Crippen molar-refractivity contribution in [1.82, 2.24) is 0 Å². The summed E-state index contributed by atoms with van der Waals surface area (Å²) in [7, 11) is -3.35. The van der Waals surface area contributed by atoms with Crippen molar-refractivity contribution in [1.29, 1.82) is 0 Å². The van der Waals surface area contributed by atoms with E-state index in [-0.39, 0.29) is 29.5 Å². The number of hydrogen-bond donors (Lipinski definition) is 1. The van der Waals surface area contributed by atoms with Gasteiger partial charge in [0.2, 0.25) is 0 Å². The summed E-state index contributed by atoms with van der Waals surface area (Å²) in [5, 5.41) is 8.64. The van der Waals surface area contributed by atoms with E-state index in [1.165, 1.54) is 12.1 Å². The number of carbonyl (C=O) groups excluding carboxylic acids is 1. The number of carbonyl (C=O) groups is 1. The molecule has 1 rings (SSSR count). The summed E-state index contributed by atoms with van der Waals surface area (Å²) in [4.78, 5) is 11.8. The summed E-state index contributed by atoms with van der Waals surface area (Å²) < 4.78 is 23.6. The molecule has 0 heterocycles. The highest BCUT2D eigenvalue weighted by molar-refractivity contribution is 7.91. The van der Waals surface area contributed by atoms with Gasteiger partial charge in [-0.25, -0.2) is 8.42 Å². The molecule has 4 nitrogen and oxygen atoms in total. The summed E-state index contributed by atoms with van der Waals surface area (Å²) >= 11 is 0. The van der Waals surface area contributed by atoms with Crippen molar-refractivity contribution in [2.75, 3.05) is 12.4 Å². The van der Waals surface area contributed by atoms with Gasteiger partial charge in [0.1, 0.15) is 0 Å². The Balaban J connectivity index is 2.85. The van der Waals surface area contributed by atoms with Crippen molar-refractivity contribution in [3.8, 4) is 0 Å².